The minimum absolute atomic E-state index is 0.304. The summed E-state index contributed by atoms with van der Waals surface area (Å²) >= 11 is 0. The molecule has 2 nitrogen and oxygen atoms in total. The highest BCUT2D eigenvalue weighted by Gasteiger charge is 1.95. The second kappa shape index (κ2) is 10.3. The lowest BCUT2D eigenvalue weighted by Gasteiger charge is -1.98. The highest BCUT2D eigenvalue weighted by Crippen LogP contribution is 2.02. The molecule has 0 saturated heterocycles. The van der Waals surface area contributed by atoms with Gasteiger partial charge in [0.1, 0.15) is 12.1 Å². The first-order valence-corrected chi connectivity index (χ1v) is 4.47. The van der Waals surface area contributed by atoms with Crippen LogP contribution in [0.5, 0.6) is 0 Å². The minimum Gasteiger partial charge on any atom is -0.303 e. The van der Waals surface area contributed by atoms with Crippen LogP contribution in [0.1, 0.15) is 47.0 Å². The fourth-order valence-corrected chi connectivity index (χ4v) is 0.492. The molecule has 0 spiro atoms. The Morgan fingerprint density at radius 1 is 1.42 bits per heavy atom. The summed E-state index contributed by atoms with van der Waals surface area (Å²) in [7, 11) is 0. The van der Waals surface area contributed by atoms with Gasteiger partial charge in [-0.15, -0.1) is 0 Å². The van der Waals surface area contributed by atoms with Gasteiger partial charge in [-0.3, -0.25) is 0 Å². The maximum absolute atomic E-state index is 10.3. The van der Waals surface area contributed by atoms with Gasteiger partial charge < -0.3 is 9.59 Å². The van der Waals surface area contributed by atoms with Gasteiger partial charge in [-0.2, -0.15) is 0 Å². The highest BCUT2D eigenvalue weighted by molar-refractivity contribution is 5.75. The van der Waals surface area contributed by atoms with Gasteiger partial charge in [0.05, 0.1) is 0 Å². The topological polar surface area (TPSA) is 34.1 Å². The molecule has 0 aliphatic heterocycles. The number of carbonyl (C=O) groups is 2. The van der Waals surface area contributed by atoms with Crippen LogP contribution in [0.4, 0.5) is 0 Å². The van der Waals surface area contributed by atoms with Crippen molar-refractivity contribution < 1.29 is 9.59 Å². The van der Waals surface area contributed by atoms with Crippen LogP contribution in [0.15, 0.2) is 0 Å². The Bertz CT molecular complexity index is 117. The van der Waals surface area contributed by atoms with Crippen molar-refractivity contribution in [1.29, 1.82) is 0 Å². The van der Waals surface area contributed by atoms with Gasteiger partial charge in [-0.25, -0.2) is 0 Å². The van der Waals surface area contributed by atoms with E-state index >= 15 is 0 Å². The molecule has 0 aliphatic rings. The monoisotopic (exact) mass is 172 g/mol. The van der Waals surface area contributed by atoms with Crippen molar-refractivity contribution in [2.75, 3.05) is 0 Å². The van der Waals surface area contributed by atoms with Crippen LogP contribution < -0.4 is 0 Å². The Labute approximate surface area is 75.4 Å². The SMILES string of the molecule is CC(=O)CCC(C)C.CCC=O. The number of hydrogen-bond acceptors (Lipinski definition) is 2. The lowest BCUT2D eigenvalue weighted by molar-refractivity contribution is -0.117. The van der Waals surface area contributed by atoms with E-state index in [0.29, 0.717) is 18.1 Å². The fourth-order valence-electron chi connectivity index (χ4n) is 0.492. The third-order valence-electron chi connectivity index (χ3n) is 1.24. The number of carbonyl (C=O) groups excluding carboxylic acids is 2. The van der Waals surface area contributed by atoms with E-state index in [-0.39, 0.29) is 0 Å². The van der Waals surface area contributed by atoms with Crippen LogP contribution in [0.2, 0.25) is 0 Å². The Morgan fingerprint density at radius 2 is 1.83 bits per heavy atom. The summed E-state index contributed by atoms with van der Waals surface area (Å²) in [5.41, 5.74) is 0. The first kappa shape index (κ1) is 13.9. The van der Waals surface area contributed by atoms with Gasteiger partial charge in [0.25, 0.3) is 0 Å². The molecule has 0 radical (unpaired) electrons. The maximum atomic E-state index is 10.3. The number of aldehydes is 1. The van der Waals surface area contributed by atoms with Crippen molar-refractivity contribution >= 4 is 12.1 Å². The molecule has 0 aliphatic carbocycles. The van der Waals surface area contributed by atoms with Gasteiger partial charge in [0.2, 0.25) is 0 Å². The van der Waals surface area contributed by atoms with Crippen LogP contribution in [0.25, 0.3) is 0 Å². The van der Waals surface area contributed by atoms with Crippen LogP contribution in [-0.4, -0.2) is 12.1 Å². The molecule has 0 heterocycles. The van der Waals surface area contributed by atoms with Gasteiger partial charge >= 0.3 is 0 Å². The molecule has 0 bridgehead atoms. The van der Waals surface area contributed by atoms with E-state index in [1.54, 1.807) is 6.92 Å². The molecule has 0 aromatic rings. The molecule has 0 unspecified atom stereocenters. The summed E-state index contributed by atoms with van der Waals surface area (Å²) < 4.78 is 0. The van der Waals surface area contributed by atoms with Gasteiger partial charge in [0.15, 0.2) is 0 Å². The quantitative estimate of drug-likeness (QED) is 0.611. The van der Waals surface area contributed by atoms with Gasteiger partial charge in [-0.1, -0.05) is 20.8 Å². The van der Waals surface area contributed by atoms with E-state index in [2.05, 4.69) is 13.8 Å². The Kier molecular flexibility index (Phi) is 12.0. The molecular weight excluding hydrogens is 152 g/mol. The molecule has 12 heavy (non-hydrogen) atoms. The normalized spacial score (nSPS) is 8.75. The van der Waals surface area contributed by atoms with Crippen LogP contribution in [0, 0.1) is 5.92 Å². The van der Waals surface area contributed by atoms with Crippen molar-refractivity contribution in [1.82, 2.24) is 0 Å². The number of Topliss-reactive ketones (excluding diaryl/α,β-unsaturated/α-hetero) is 1. The van der Waals surface area contributed by atoms with Gasteiger partial charge in [-0.05, 0) is 19.3 Å². The highest BCUT2D eigenvalue weighted by atomic mass is 16.1. The second-order valence-electron chi connectivity index (χ2n) is 3.21. The summed E-state index contributed by atoms with van der Waals surface area (Å²) in [5, 5.41) is 0. The summed E-state index contributed by atoms with van der Waals surface area (Å²) in [6.07, 6.45) is 3.30. The zero-order valence-corrected chi connectivity index (χ0v) is 8.59. The molecular formula is C10H20O2. The van der Waals surface area contributed by atoms with Crippen LogP contribution >= 0.6 is 0 Å². The third-order valence-corrected chi connectivity index (χ3v) is 1.24. The molecule has 0 aromatic carbocycles. The molecule has 0 amide bonds. The van der Waals surface area contributed by atoms with Crippen molar-refractivity contribution in [3.63, 3.8) is 0 Å². The minimum atomic E-state index is 0.304. The van der Waals surface area contributed by atoms with E-state index in [4.69, 9.17) is 0 Å². The molecule has 0 N–H and O–H groups in total. The van der Waals surface area contributed by atoms with E-state index in [1.165, 1.54) is 0 Å². The molecule has 72 valence electrons. The van der Waals surface area contributed by atoms with E-state index in [1.807, 2.05) is 6.92 Å². The van der Waals surface area contributed by atoms with Crippen molar-refractivity contribution in [3.05, 3.63) is 0 Å². The first-order chi connectivity index (χ1) is 5.54. The average Bonchev–Trinajstić information content (AvgIpc) is 2.01. The Balaban J connectivity index is 0. The standard InChI is InChI=1S/C7H14O.C3H6O/c1-6(2)4-5-7(3)8;1-2-3-4/h6H,4-5H2,1-3H3;3H,2H2,1H3. The fraction of sp³-hybridized carbons (Fsp3) is 0.800. The number of rotatable bonds is 4. The first-order valence-electron chi connectivity index (χ1n) is 4.47. The lowest BCUT2D eigenvalue weighted by Crippen LogP contribution is -1.93. The molecule has 0 saturated carbocycles. The van der Waals surface area contributed by atoms with Crippen molar-refractivity contribution in [3.8, 4) is 0 Å². The van der Waals surface area contributed by atoms with Crippen LogP contribution in [0.3, 0.4) is 0 Å². The molecule has 0 atom stereocenters. The Morgan fingerprint density at radius 3 is 1.92 bits per heavy atom. The predicted octanol–water partition coefficient (Wildman–Crippen LogP) is 2.61. The predicted molar refractivity (Wildman–Crippen MR) is 51.1 cm³/mol. The smallest absolute Gasteiger partial charge is 0.129 e. The Hall–Kier alpha value is -0.660. The summed E-state index contributed by atoms with van der Waals surface area (Å²) in [4.78, 5) is 19.5. The van der Waals surface area contributed by atoms with Crippen molar-refractivity contribution in [2.45, 2.75) is 47.0 Å². The molecule has 0 fully saturated rings. The number of hydrogen-bond donors (Lipinski definition) is 0. The van der Waals surface area contributed by atoms with E-state index in [9.17, 15) is 9.59 Å². The molecule has 2 heteroatoms. The lowest BCUT2D eigenvalue weighted by atomic mass is 10.1. The second-order valence-corrected chi connectivity index (χ2v) is 3.21. The number of ketones is 1. The molecule has 0 aromatic heterocycles. The third kappa shape index (κ3) is 22.8. The van der Waals surface area contributed by atoms with E-state index < -0.39 is 0 Å². The zero-order chi connectivity index (χ0) is 9.98. The summed E-state index contributed by atoms with van der Waals surface area (Å²) in [6.45, 7) is 7.71. The van der Waals surface area contributed by atoms with Crippen LogP contribution in [-0.2, 0) is 9.59 Å². The summed E-state index contributed by atoms with van der Waals surface area (Å²) in [6, 6.07) is 0. The molecule has 0 rings (SSSR count). The maximum Gasteiger partial charge on any atom is 0.129 e. The zero-order valence-electron chi connectivity index (χ0n) is 8.59. The van der Waals surface area contributed by atoms with E-state index in [0.717, 1.165) is 19.1 Å². The van der Waals surface area contributed by atoms with Gasteiger partial charge in [0, 0.05) is 12.8 Å². The largest absolute Gasteiger partial charge is 0.303 e. The van der Waals surface area contributed by atoms with Crippen molar-refractivity contribution in [2.24, 2.45) is 5.92 Å². The summed E-state index contributed by atoms with van der Waals surface area (Å²) in [5.74, 6) is 0.970. The average molecular weight is 172 g/mol.